The Hall–Kier alpha value is -1.56. The number of hydrogen-bond donors (Lipinski definition) is 1. The summed E-state index contributed by atoms with van der Waals surface area (Å²) in [5, 5.41) is 8.76. The van der Waals surface area contributed by atoms with Crippen LogP contribution in [0.1, 0.15) is 19.3 Å². The number of amides is 1. The molecule has 2 rings (SSSR count). The van der Waals surface area contributed by atoms with Gasteiger partial charge in [-0.25, -0.2) is 0 Å². The summed E-state index contributed by atoms with van der Waals surface area (Å²) in [6.07, 6.45) is 1.22. The highest BCUT2D eigenvalue weighted by atomic mass is 79.9. The Morgan fingerprint density at radius 1 is 1.43 bits per heavy atom. The lowest BCUT2D eigenvalue weighted by molar-refractivity contribution is -0.138. The van der Waals surface area contributed by atoms with Crippen LogP contribution in [0.15, 0.2) is 28.7 Å². The second-order valence-electron chi connectivity index (χ2n) is 5.15. The van der Waals surface area contributed by atoms with Crippen molar-refractivity contribution in [3.8, 4) is 5.75 Å². The monoisotopic (exact) mass is 355 g/mol. The van der Waals surface area contributed by atoms with Crippen LogP contribution in [0.5, 0.6) is 5.75 Å². The first-order valence-corrected chi connectivity index (χ1v) is 7.72. The average Bonchev–Trinajstić information content (AvgIpc) is 2.86. The number of nitrogens with zero attached hydrogens (tertiary/aromatic N) is 1. The van der Waals surface area contributed by atoms with E-state index in [-0.39, 0.29) is 18.2 Å². The van der Waals surface area contributed by atoms with Crippen molar-refractivity contribution in [2.24, 2.45) is 5.92 Å². The lowest BCUT2D eigenvalue weighted by atomic mass is 10.1. The Kier molecular flexibility index (Phi) is 5.61. The molecule has 114 valence electrons. The van der Waals surface area contributed by atoms with Crippen LogP contribution in [-0.2, 0) is 9.59 Å². The molecule has 0 aliphatic carbocycles. The molecule has 6 heteroatoms. The number of likely N-dealkylation sites (tertiary alicyclic amines) is 1. The summed E-state index contributed by atoms with van der Waals surface area (Å²) in [5.41, 5.74) is 0. The van der Waals surface area contributed by atoms with Crippen LogP contribution >= 0.6 is 15.9 Å². The Morgan fingerprint density at radius 3 is 2.95 bits per heavy atom. The van der Waals surface area contributed by atoms with E-state index in [2.05, 4.69) is 15.9 Å². The zero-order chi connectivity index (χ0) is 15.2. The summed E-state index contributed by atoms with van der Waals surface area (Å²) in [6.45, 7) is 1.52. The Bertz CT molecular complexity index is 520. The van der Waals surface area contributed by atoms with Gasteiger partial charge in [0, 0.05) is 24.0 Å². The van der Waals surface area contributed by atoms with Gasteiger partial charge in [-0.3, -0.25) is 9.59 Å². The molecule has 21 heavy (non-hydrogen) atoms. The molecule has 1 saturated heterocycles. The predicted molar refractivity (Wildman–Crippen MR) is 81.2 cm³/mol. The first-order chi connectivity index (χ1) is 10.0. The van der Waals surface area contributed by atoms with Gasteiger partial charge in [-0.2, -0.15) is 0 Å². The molecule has 5 nitrogen and oxygen atoms in total. The molecule has 1 aliphatic rings. The standard InChI is InChI=1S/C15H18BrNO4/c16-12-2-1-3-13(9-12)21-7-5-14(18)17-6-4-11(10-17)8-15(19)20/h1-3,9,11H,4-8,10H2,(H,19,20). The van der Waals surface area contributed by atoms with Gasteiger partial charge in [-0.15, -0.1) is 0 Å². The Morgan fingerprint density at radius 2 is 2.24 bits per heavy atom. The summed E-state index contributed by atoms with van der Waals surface area (Å²) in [7, 11) is 0. The second-order valence-corrected chi connectivity index (χ2v) is 6.06. The zero-order valence-corrected chi connectivity index (χ0v) is 13.2. The molecule has 1 amide bonds. The first kappa shape index (κ1) is 15.8. The van der Waals surface area contributed by atoms with E-state index >= 15 is 0 Å². The van der Waals surface area contributed by atoms with Crippen LogP contribution in [-0.4, -0.2) is 41.6 Å². The normalized spacial score (nSPS) is 17.8. The molecule has 0 bridgehead atoms. The Labute approximate surface area is 132 Å². The van der Waals surface area contributed by atoms with E-state index < -0.39 is 5.97 Å². The summed E-state index contributed by atoms with van der Waals surface area (Å²) >= 11 is 3.36. The minimum absolute atomic E-state index is 0.0258. The first-order valence-electron chi connectivity index (χ1n) is 6.92. The lowest BCUT2D eigenvalue weighted by Gasteiger charge is -2.16. The average molecular weight is 356 g/mol. The number of carbonyl (C=O) groups is 2. The minimum Gasteiger partial charge on any atom is -0.493 e. The van der Waals surface area contributed by atoms with Crippen molar-refractivity contribution >= 4 is 27.8 Å². The molecule has 0 spiro atoms. The van der Waals surface area contributed by atoms with Crippen molar-refractivity contribution < 1.29 is 19.4 Å². The van der Waals surface area contributed by atoms with E-state index in [9.17, 15) is 9.59 Å². The zero-order valence-electron chi connectivity index (χ0n) is 11.6. The molecular weight excluding hydrogens is 338 g/mol. The number of carbonyl (C=O) groups excluding carboxylic acids is 1. The number of ether oxygens (including phenoxy) is 1. The molecule has 1 unspecified atom stereocenters. The van der Waals surface area contributed by atoms with Gasteiger partial charge < -0.3 is 14.7 Å². The van der Waals surface area contributed by atoms with Gasteiger partial charge in [0.1, 0.15) is 5.75 Å². The number of carboxylic acid groups (broad SMARTS) is 1. The fourth-order valence-corrected chi connectivity index (χ4v) is 2.82. The van der Waals surface area contributed by atoms with Gasteiger partial charge in [0.05, 0.1) is 13.0 Å². The maximum Gasteiger partial charge on any atom is 0.303 e. The maximum atomic E-state index is 12.0. The van der Waals surface area contributed by atoms with Gasteiger partial charge in [0.15, 0.2) is 0 Å². The molecule has 1 heterocycles. The van der Waals surface area contributed by atoms with Crippen molar-refractivity contribution in [1.29, 1.82) is 0 Å². The van der Waals surface area contributed by atoms with E-state index in [1.54, 1.807) is 4.90 Å². The molecule has 1 aromatic rings. The molecule has 0 aromatic heterocycles. The van der Waals surface area contributed by atoms with Crippen LogP contribution in [0.2, 0.25) is 0 Å². The Balaban J connectivity index is 1.72. The molecule has 0 radical (unpaired) electrons. The second kappa shape index (κ2) is 7.45. The molecule has 1 N–H and O–H groups in total. The van der Waals surface area contributed by atoms with E-state index in [4.69, 9.17) is 9.84 Å². The molecule has 1 atom stereocenters. The third-order valence-electron chi connectivity index (χ3n) is 3.48. The molecule has 1 fully saturated rings. The highest BCUT2D eigenvalue weighted by molar-refractivity contribution is 9.10. The largest absolute Gasteiger partial charge is 0.493 e. The smallest absolute Gasteiger partial charge is 0.303 e. The number of rotatable bonds is 6. The fraction of sp³-hybridized carbons (Fsp3) is 0.467. The molecule has 1 aromatic carbocycles. The quantitative estimate of drug-likeness (QED) is 0.851. The highest BCUT2D eigenvalue weighted by Gasteiger charge is 2.27. The van der Waals surface area contributed by atoms with Crippen LogP contribution in [0.3, 0.4) is 0 Å². The third-order valence-corrected chi connectivity index (χ3v) is 3.98. The fourth-order valence-electron chi connectivity index (χ4n) is 2.44. The van der Waals surface area contributed by atoms with E-state index in [1.165, 1.54) is 0 Å². The SMILES string of the molecule is O=C(O)CC1CCN(C(=O)CCOc2cccc(Br)c2)C1. The van der Waals surface area contributed by atoms with Crippen molar-refractivity contribution in [3.63, 3.8) is 0 Å². The topological polar surface area (TPSA) is 66.8 Å². The third kappa shape index (κ3) is 5.04. The van der Waals surface area contributed by atoms with Crippen molar-refractivity contribution in [2.75, 3.05) is 19.7 Å². The van der Waals surface area contributed by atoms with E-state index in [0.717, 1.165) is 16.6 Å². The molecule has 0 saturated carbocycles. The van der Waals surface area contributed by atoms with Gasteiger partial charge in [0.25, 0.3) is 0 Å². The van der Waals surface area contributed by atoms with Gasteiger partial charge in [-0.05, 0) is 30.5 Å². The highest BCUT2D eigenvalue weighted by Crippen LogP contribution is 2.21. The number of benzene rings is 1. The predicted octanol–water partition coefficient (Wildman–Crippen LogP) is 2.54. The lowest BCUT2D eigenvalue weighted by Crippen LogP contribution is -2.30. The van der Waals surface area contributed by atoms with E-state index in [0.29, 0.717) is 26.1 Å². The van der Waals surface area contributed by atoms with Crippen molar-refractivity contribution in [2.45, 2.75) is 19.3 Å². The molecular formula is C15H18BrNO4. The van der Waals surface area contributed by atoms with Crippen LogP contribution in [0.4, 0.5) is 0 Å². The number of carboxylic acids is 1. The van der Waals surface area contributed by atoms with Crippen LogP contribution in [0, 0.1) is 5.92 Å². The van der Waals surface area contributed by atoms with Gasteiger partial charge in [0.2, 0.25) is 5.91 Å². The van der Waals surface area contributed by atoms with Crippen LogP contribution in [0.25, 0.3) is 0 Å². The number of aliphatic carboxylic acids is 1. The van der Waals surface area contributed by atoms with Crippen LogP contribution < -0.4 is 4.74 Å². The number of halogens is 1. The van der Waals surface area contributed by atoms with Gasteiger partial charge in [-0.1, -0.05) is 22.0 Å². The maximum absolute atomic E-state index is 12.0. The summed E-state index contributed by atoms with van der Waals surface area (Å²) < 4.78 is 6.47. The van der Waals surface area contributed by atoms with Crippen molar-refractivity contribution in [3.05, 3.63) is 28.7 Å². The van der Waals surface area contributed by atoms with Crippen molar-refractivity contribution in [1.82, 2.24) is 4.90 Å². The molecule has 1 aliphatic heterocycles. The summed E-state index contributed by atoms with van der Waals surface area (Å²) in [5.74, 6) is 0.0324. The number of hydrogen-bond acceptors (Lipinski definition) is 3. The van der Waals surface area contributed by atoms with Gasteiger partial charge >= 0.3 is 5.97 Å². The summed E-state index contributed by atoms with van der Waals surface area (Å²) in [4.78, 5) is 24.4. The minimum atomic E-state index is -0.799. The summed E-state index contributed by atoms with van der Waals surface area (Å²) in [6, 6.07) is 7.47. The van der Waals surface area contributed by atoms with E-state index in [1.807, 2.05) is 24.3 Å².